The SMILES string of the molecule is C[C@@H]1[C@H](NC(=O)c2cccnc2)CC2C(C)(C)CCC[C@]2(C)[C@H]1COS(C)(=O)=O.C[C@@H]1[C@H](NC(=O)c2cccnc2)CC2C(C)(C)CCC[C@]2(C)[C@H]1Cn1cnc2ccccc21.c1ccc2[nH]cnc2c1. The molecule has 4 saturated carbocycles. The first-order valence-corrected chi connectivity index (χ1v) is 27.6. The number of carbonyl (C=O) groups excluding carboxylic acids is 2. The molecule has 2 aromatic carbocycles. The van der Waals surface area contributed by atoms with Crippen LogP contribution in [0.1, 0.15) is 127 Å². The number of H-pyrrole nitrogens is 1. The Bertz CT molecular complexity index is 2840. The second kappa shape index (κ2) is 20.9. The number of rotatable bonds is 9. The fourth-order valence-corrected chi connectivity index (χ4v) is 14.5. The Kier molecular flexibility index (Phi) is 15.3. The lowest BCUT2D eigenvalue weighted by atomic mass is 9.45. The van der Waals surface area contributed by atoms with Gasteiger partial charge in [0.2, 0.25) is 0 Å². The summed E-state index contributed by atoms with van der Waals surface area (Å²) in [5.74, 6) is 1.78. The van der Waals surface area contributed by atoms with Crippen molar-refractivity contribution < 1.29 is 22.2 Å². The summed E-state index contributed by atoms with van der Waals surface area (Å²) in [4.78, 5) is 45.8. The highest BCUT2D eigenvalue weighted by Gasteiger charge is 2.58. The predicted octanol–water partition coefficient (Wildman–Crippen LogP) is 10.9. The molecule has 10 rings (SSSR count). The fourth-order valence-electron chi connectivity index (χ4n) is 14.1. The average molecular weight is 985 g/mol. The van der Waals surface area contributed by atoms with Gasteiger partial charge in [0, 0.05) is 43.4 Å². The van der Waals surface area contributed by atoms with Crippen LogP contribution in [-0.2, 0) is 20.8 Å². The lowest BCUT2D eigenvalue weighted by molar-refractivity contribution is -0.115. The molecule has 10 atom stereocenters. The first-order chi connectivity index (χ1) is 33.7. The third-order valence-corrected chi connectivity index (χ3v) is 18.5. The second-order valence-corrected chi connectivity index (χ2v) is 24.8. The number of nitrogens with one attached hydrogen (secondary N) is 3. The zero-order valence-corrected chi connectivity index (χ0v) is 44.1. The fraction of sp³-hybridized carbons (Fsp3) is 0.544. The Balaban J connectivity index is 0.000000162. The van der Waals surface area contributed by atoms with Gasteiger partial charge in [0.25, 0.3) is 21.9 Å². The van der Waals surface area contributed by atoms with Gasteiger partial charge >= 0.3 is 0 Å². The van der Waals surface area contributed by atoms with Crippen molar-refractivity contribution >= 4 is 44.0 Å². The van der Waals surface area contributed by atoms with E-state index >= 15 is 0 Å². The minimum atomic E-state index is -3.52. The lowest BCUT2D eigenvalue weighted by Gasteiger charge is -2.61. The number of aromatic nitrogens is 6. The molecule has 2 amide bonds. The summed E-state index contributed by atoms with van der Waals surface area (Å²) in [5.41, 5.74) is 6.17. The topological polar surface area (TPSA) is 174 Å². The Morgan fingerprint density at radius 1 is 0.690 bits per heavy atom. The van der Waals surface area contributed by atoms with E-state index in [4.69, 9.17) is 4.18 Å². The Morgan fingerprint density at radius 3 is 1.75 bits per heavy atom. The number of benzene rings is 2. The van der Waals surface area contributed by atoms with Crippen LogP contribution in [0.2, 0.25) is 0 Å². The van der Waals surface area contributed by atoms with Crippen LogP contribution in [0.3, 0.4) is 0 Å². The van der Waals surface area contributed by atoms with Crippen LogP contribution in [0.15, 0.2) is 110 Å². The maximum Gasteiger partial charge on any atom is 0.264 e. The number of hydrogen-bond donors (Lipinski definition) is 3. The second-order valence-electron chi connectivity index (χ2n) is 23.1. The molecule has 6 aromatic rings. The van der Waals surface area contributed by atoms with Gasteiger partial charge in [-0.2, -0.15) is 8.42 Å². The molecule has 4 heterocycles. The molecule has 4 fully saturated rings. The smallest absolute Gasteiger partial charge is 0.264 e. The lowest BCUT2D eigenvalue weighted by Crippen LogP contribution is -2.60. The van der Waals surface area contributed by atoms with Crippen LogP contribution in [0.5, 0.6) is 0 Å². The van der Waals surface area contributed by atoms with Crippen LogP contribution in [0, 0.1) is 57.2 Å². The number of carbonyl (C=O) groups is 2. The standard InChI is InChI=1S/C28H36N4O.C22H34N2O4S.C7H6N2/c1-19-21(17-32-18-30-22-10-5-6-11-24(22)32)28(4)13-8-12-27(2,3)25(28)15-23(19)31-26(33)20-9-7-14-29-16-20;1-15-17(14-28-29(5,26)27)22(4)10-7-9-21(2,3)19(22)12-18(15)24-20(25)16-8-6-11-23-13-16;1-2-4-7-6(3-1)8-5-9-7/h5-7,9-11,14,16,18-19,21,23,25H,8,12-13,15,17H2,1-4H3,(H,31,33);6,8,11,13,15,17-19H,7,9-10,12,14H2,1-5H3,(H,24,25);1-5H,(H,8,9)/t19-,21-,23+,25?,28+;15-,17-,18+,19?,22+;/m00./s1. The minimum Gasteiger partial charge on any atom is -0.349 e. The molecule has 3 N–H and O–H groups in total. The number of pyridine rings is 2. The van der Waals surface area contributed by atoms with Gasteiger partial charge in [-0.15, -0.1) is 0 Å². The molecule has 4 aliphatic rings. The summed E-state index contributed by atoms with van der Waals surface area (Å²) >= 11 is 0. The number of fused-ring (bicyclic) bond motifs is 4. The highest BCUT2D eigenvalue weighted by Crippen LogP contribution is 2.63. The van der Waals surface area contributed by atoms with E-state index in [1.807, 2.05) is 48.8 Å². The van der Waals surface area contributed by atoms with E-state index in [0.29, 0.717) is 34.8 Å². The number of aromatic amines is 1. The molecule has 71 heavy (non-hydrogen) atoms. The summed E-state index contributed by atoms with van der Waals surface area (Å²) in [6.07, 6.45) is 20.5. The van der Waals surface area contributed by atoms with Gasteiger partial charge in [-0.1, -0.05) is 92.5 Å². The number of nitrogens with zero attached hydrogens (tertiary/aromatic N) is 5. The molecule has 4 aromatic heterocycles. The zero-order valence-electron chi connectivity index (χ0n) is 43.3. The van der Waals surface area contributed by atoms with Gasteiger partial charge in [0.05, 0.1) is 58.7 Å². The maximum absolute atomic E-state index is 13.1. The number of imidazole rings is 2. The number of para-hydroxylation sites is 4. The van der Waals surface area contributed by atoms with Crippen LogP contribution in [-0.4, -0.2) is 74.7 Å². The molecular formula is C57H76N8O5S. The van der Waals surface area contributed by atoms with E-state index in [0.717, 1.165) is 61.5 Å². The van der Waals surface area contributed by atoms with Crippen molar-refractivity contribution in [2.75, 3.05) is 12.9 Å². The molecule has 0 radical (unpaired) electrons. The Hall–Kier alpha value is -5.47. The molecule has 4 aliphatic carbocycles. The minimum absolute atomic E-state index is 0.0102. The monoisotopic (exact) mass is 985 g/mol. The molecule has 14 heteroatoms. The third-order valence-electron chi connectivity index (χ3n) is 18.0. The van der Waals surface area contributed by atoms with E-state index in [1.165, 1.54) is 24.8 Å². The first kappa shape index (κ1) is 51.9. The van der Waals surface area contributed by atoms with Gasteiger partial charge < -0.3 is 20.2 Å². The van der Waals surface area contributed by atoms with E-state index < -0.39 is 10.1 Å². The van der Waals surface area contributed by atoms with E-state index in [1.54, 1.807) is 43.2 Å². The summed E-state index contributed by atoms with van der Waals surface area (Å²) in [6, 6.07) is 23.6. The molecule has 0 aliphatic heterocycles. The van der Waals surface area contributed by atoms with Crippen molar-refractivity contribution in [3.8, 4) is 0 Å². The Labute approximate surface area is 421 Å². The summed E-state index contributed by atoms with van der Waals surface area (Å²) < 4.78 is 31.1. The molecule has 2 unspecified atom stereocenters. The van der Waals surface area contributed by atoms with Crippen molar-refractivity contribution in [2.45, 2.75) is 125 Å². The van der Waals surface area contributed by atoms with Gasteiger partial charge in [0.15, 0.2) is 0 Å². The van der Waals surface area contributed by atoms with Crippen molar-refractivity contribution in [3.63, 3.8) is 0 Å². The van der Waals surface area contributed by atoms with Crippen molar-refractivity contribution in [1.82, 2.24) is 40.1 Å². The summed E-state index contributed by atoms with van der Waals surface area (Å²) in [5, 5.41) is 6.63. The average Bonchev–Trinajstić information content (AvgIpc) is 3.99. The Morgan fingerprint density at radius 2 is 1.21 bits per heavy atom. The van der Waals surface area contributed by atoms with Crippen molar-refractivity contribution in [1.29, 1.82) is 0 Å². The van der Waals surface area contributed by atoms with Crippen LogP contribution >= 0.6 is 0 Å². The third kappa shape index (κ3) is 11.3. The molecular weight excluding hydrogens is 909 g/mol. The van der Waals surface area contributed by atoms with E-state index in [-0.39, 0.29) is 64.0 Å². The van der Waals surface area contributed by atoms with Gasteiger partial charge in [-0.3, -0.25) is 23.7 Å². The van der Waals surface area contributed by atoms with Gasteiger partial charge in [-0.05, 0) is 144 Å². The normalized spacial score (nSPS) is 29.8. The summed E-state index contributed by atoms with van der Waals surface area (Å²) in [6.45, 7) is 19.9. The number of hydrogen-bond acceptors (Lipinski definition) is 9. The highest BCUT2D eigenvalue weighted by atomic mass is 32.2. The number of amides is 2. The van der Waals surface area contributed by atoms with E-state index in [2.05, 4.69) is 114 Å². The van der Waals surface area contributed by atoms with Crippen LogP contribution in [0.4, 0.5) is 0 Å². The van der Waals surface area contributed by atoms with Crippen LogP contribution in [0.25, 0.3) is 22.1 Å². The molecule has 380 valence electrons. The molecule has 0 bridgehead atoms. The largest absolute Gasteiger partial charge is 0.349 e. The van der Waals surface area contributed by atoms with Gasteiger partial charge in [-0.25, -0.2) is 9.97 Å². The first-order valence-electron chi connectivity index (χ1n) is 25.7. The zero-order chi connectivity index (χ0) is 50.8. The quantitative estimate of drug-likeness (QED) is 0.119. The van der Waals surface area contributed by atoms with Crippen molar-refractivity contribution in [2.24, 2.45) is 57.2 Å². The van der Waals surface area contributed by atoms with Crippen molar-refractivity contribution in [3.05, 3.63) is 121 Å². The predicted molar refractivity (Wildman–Crippen MR) is 281 cm³/mol. The molecule has 0 spiro atoms. The van der Waals surface area contributed by atoms with Gasteiger partial charge in [0.1, 0.15) is 0 Å². The molecule has 0 saturated heterocycles. The highest BCUT2D eigenvalue weighted by molar-refractivity contribution is 7.85. The maximum atomic E-state index is 13.1. The van der Waals surface area contributed by atoms with Crippen LogP contribution < -0.4 is 10.6 Å². The van der Waals surface area contributed by atoms with E-state index in [9.17, 15) is 18.0 Å². The molecule has 13 nitrogen and oxygen atoms in total. The summed E-state index contributed by atoms with van der Waals surface area (Å²) in [7, 11) is -3.52.